The fourth-order valence-corrected chi connectivity index (χ4v) is 3.07. The van der Waals surface area contributed by atoms with Gasteiger partial charge >= 0.3 is 0 Å². The summed E-state index contributed by atoms with van der Waals surface area (Å²) in [6, 6.07) is 11.9. The van der Waals surface area contributed by atoms with E-state index in [2.05, 4.69) is 20.0 Å². The number of benzene rings is 1. The second-order valence-electron chi connectivity index (χ2n) is 6.36. The first-order valence-corrected chi connectivity index (χ1v) is 8.50. The van der Waals surface area contributed by atoms with Crippen LogP contribution in [0.25, 0.3) is 22.8 Å². The number of piperidine rings is 1. The molecule has 4 rings (SSSR count). The summed E-state index contributed by atoms with van der Waals surface area (Å²) in [7, 11) is 0. The Morgan fingerprint density at radius 1 is 1.12 bits per heavy atom. The summed E-state index contributed by atoms with van der Waals surface area (Å²) in [4.78, 5) is 11.2. The number of hydrogen-bond acceptors (Lipinski definition) is 6. The molecule has 0 atom stereocenters. The molecule has 1 fully saturated rings. The van der Waals surface area contributed by atoms with Crippen molar-refractivity contribution in [3.8, 4) is 22.8 Å². The number of nitrogens with zero attached hydrogens (tertiary/aromatic N) is 4. The molecule has 0 radical (unpaired) electrons. The Morgan fingerprint density at radius 2 is 1.92 bits per heavy atom. The number of hydrogen-bond donors (Lipinski definition) is 1. The van der Waals surface area contributed by atoms with Gasteiger partial charge in [0.25, 0.3) is 5.89 Å². The summed E-state index contributed by atoms with van der Waals surface area (Å²) in [5.41, 5.74) is 2.87. The van der Waals surface area contributed by atoms with Gasteiger partial charge in [0.05, 0.1) is 11.7 Å². The number of aliphatic hydroxyl groups is 1. The molecule has 0 amide bonds. The monoisotopic (exact) mass is 336 g/mol. The molecule has 0 aliphatic carbocycles. The van der Waals surface area contributed by atoms with Gasteiger partial charge in [0.1, 0.15) is 5.82 Å². The van der Waals surface area contributed by atoms with Crippen molar-refractivity contribution in [2.75, 3.05) is 18.0 Å². The number of pyridine rings is 1. The third kappa shape index (κ3) is 3.25. The van der Waals surface area contributed by atoms with Crippen LogP contribution >= 0.6 is 0 Å². The van der Waals surface area contributed by atoms with Crippen molar-refractivity contribution in [2.45, 2.75) is 25.9 Å². The van der Waals surface area contributed by atoms with Gasteiger partial charge in [0.2, 0.25) is 5.82 Å². The van der Waals surface area contributed by atoms with Crippen molar-refractivity contribution in [2.24, 2.45) is 0 Å². The largest absolute Gasteiger partial charge is 0.393 e. The number of aryl methyl sites for hydroxylation is 1. The van der Waals surface area contributed by atoms with Crippen molar-refractivity contribution >= 4 is 5.82 Å². The van der Waals surface area contributed by atoms with Crippen LogP contribution in [0.1, 0.15) is 18.4 Å². The SMILES string of the molecule is Cc1ccccc1-c1noc(-c2ccc(N3CCC(O)CC3)nc2)n1. The zero-order valence-corrected chi connectivity index (χ0v) is 14.1. The minimum Gasteiger partial charge on any atom is -0.393 e. The van der Waals surface area contributed by atoms with E-state index >= 15 is 0 Å². The van der Waals surface area contributed by atoms with Gasteiger partial charge in [-0.15, -0.1) is 0 Å². The summed E-state index contributed by atoms with van der Waals surface area (Å²) >= 11 is 0. The summed E-state index contributed by atoms with van der Waals surface area (Å²) < 4.78 is 5.41. The minimum atomic E-state index is -0.186. The average molecular weight is 336 g/mol. The van der Waals surface area contributed by atoms with Gasteiger partial charge in [-0.3, -0.25) is 0 Å². The summed E-state index contributed by atoms with van der Waals surface area (Å²) in [5.74, 6) is 1.96. The fraction of sp³-hybridized carbons (Fsp3) is 0.316. The van der Waals surface area contributed by atoms with Gasteiger partial charge in [-0.2, -0.15) is 4.98 Å². The molecule has 6 nitrogen and oxygen atoms in total. The molecule has 0 saturated carbocycles. The van der Waals surface area contributed by atoms with Crippen molar-refractivity contribution in [1.82, 2.24) is 15.1 Å². The third-order valence-electron chi connectivity index (χ3n) is 4.60. The second kappa shape index (κ2) is 6.64. The molecule has 3 aromatic rings. The number of aromatic nitrogens is 3. The summed E-state index contributed by atoms with van der Waals surface area (Å²) in [5, 5.41) is 13.7. The average Bonchev–Trinajstić information content (AvgIpc) is 3.13. The van der Waals surface area contributed by atoms with Crippen molar-refractivity contribution in [3.05, 3.63) is 48.2 Å². The van der Waals surface area contributed by atoms with Crippen molar-refractivity contribution in [3.63, 3.8) is 0 Å². The Labute approximate surface area is 146 Å². The maximum atomic E-state index is 9.61. The highest BCUT2D eigenvalue weighted by atomic mass is 16.5. The van der Waals surface area contributed by atoms with E-state index in [1.165, 1.54) is 0 Å². The molecule has 128 valence electrons. The minimum absolute atomic E-state index is 0.186. The van der Waals surface area contributed by atoms with Crippen LogP contribution in [0.5, 0.6) is 0 Å². The van der Waals surface area contributed by atoms with Crippen LogP contribution in [-0.4, -0.2) is 39.4 Å². The molecule has 0 unspecified atom stereocenters. The Kier molecular flexibility index (Phi) is 4.19. The predicted molar refractivity (Wildman–Crippen MR) is 95.2 cm³/mol. The van der Waals surface area contributed by atoms with Gasteiger partial charge in [-0.05, 0) is 37.5 Å². The zero-order chi connectivity index (χ0) is 17.2. The lowest BCUT2D eigenvalue weighted by Gasteiger charge is -2.30. The first-order chi connectivity index (χ1) is 12.2. The van der Waals surface area contributed by atoms with Crippen molar-refractivity contribution in [1.29, 1.82) is 0 Å². The number of aliphatic hydroxyl groups excluding tert-OH is 1. The van der Waals surface area contributed by atoms with Crippen LogP contribution in [-0.2, 0) is 0 Å². The molecule has 1 aliphatic rings. The van der Waals surface area contributed by atoms with Crippen LogP contribution < -0.4 is 4.90 Å². The van der Waals surface area contributed by atoms with E-state index in [9.17, 15) is 5.11 Å². The molecule has 0 bridgehead atoms. The molecule has 25 heavy (non-hydrogen) atoms. The van der Waals surface area contributed by atoms with Gasteiger partial charge in [0, 0.05) is 24.8 Å². The highest BCUT2D eigenvalue weighted by Gasteiger charge is 2.18. The van der Waals surface area contributed by atoms with Crippen LogP contribution in [0.4, 0.5) is 5.82 Å². The van der Waals surface area contributed by atoms with E-state index in [0.29, 0.717) is 11.7 Å². The normalized spacial score (nSPS) is 15.5. The topological polar surface area (TPSA) is 75.3 Å². The Morgan fingerprint density at radius 3 is 2.64 bits per heavy atom. The maximum absolute atomic E-state index is 9.61. The van der Waals surface area contributed by atoms with E-state index in [4.69, 9.17) is 4.52 Å². The molecular weight excluding hydrogens is 316 g/mol. The molecule has 6 heteroatoms. The van der Waals surface area contributed by atoms with Gasteiger partial charge in [-0.1, -0.05) is 29.4 Å². The summed E-state index contributed by atoms with van der Waals surface area (Å²) in [6.45, 7) is 3.67. The zero-order valence-electron chi connectivity index (χ0n) is 14.1. The first-order valence-electron chi connectivity index (χ1n) is 8.50. The smallest absolute Gasteiger partial charge is 0.259 e. The molecule has 1 saturated heterocycles. The third-order valence-corrected chi connectivity index (χ3v) is 4.60. The fourth-order valence-electron chi connectivity index (χ4n) is 3.07. The first kappa shape index (κ1) is 15.8. The Bertz CT molecular complexity index is 852. The lowest BCUT2D eigenvalue weighted by Crippen LogP contribution is -2.36. The standard InChI is InChI=1S/C19H20N4O2/c1-13-4-2-3-5-16(13)18-21-19(25-22-18)14-6-7-17(20-12-14)23-10-8-15(24)9-11-23/h2-7,12,15,24H,8-11H2,1H3. The molecule has 2 aromatic heterocycles. The maximum Gasteiger partial charge on any atom is 0.259 e. The second-order valence-corrected chi connectivity index (χ2v) is 6.36. The van der Waals surface area contributed by atoms with E-state index in [1.54, 1.807) is 6.20 Å². The molecule has 1 N–H and O–H groups in total. The van der Waals surface area contributed by atoms with Crippen LogP contribution in [0.3, 0.4) is 0 Å². The van der Waals surface area contributed by atoms with Gasteiger partial charge < -0.3 is 14.5 Å². The molecule has 0 spiro atoms. The lowest BCUT2D eigenvalue weighted by molar-refractivity contribution is 0.145. The number of rotatable bonds is 3. The van der Waals surface area contributed by atoms with Crippen LogP contribution in [0.15, 0.2) is 47.1 Å². The van der Waals surface area contributed by atoms with E-state index in [-0.39, 0.29) is 6.10 Å². The Balaban J connectivity index is 1.54. The predicted octanol–water partition coefficient (Wildman–Crippen LogP) is 3.07. The quantitative estimate of drug-likeness (QED) is 0.792. The molecule has 1 aliphatic heterocycles. The van der Waals surface area contributed by atoms with Crippen LogP contribution in [0.2, 0.25) is 0 Å². The Hall–Kier alpha value is -2.73. The van der Waals surface area contributed by atoms with Crippen molar-refractivity contribution < 1.29 is 9.63 Å². The number of anilines is 1. The van der Waals surface area contributed by atoms with E-state index in [1.807, 2.05) is 43.3 Å². The highest BCUT2D eigenvalue weighted by Crippen LogP contribution is 2.25. The van der Waals surface area contributed by atoms with Gasteiger partial charge in [-0.25, -0.2) is 4.98 Å². The molecule has 1 aromatic carbocycles. The van der Waals surface area contributed by atoms with Gasteiger partial charge in [0.15, 0.2) is 0 Å². The molecular formula is C19H20N4O2. The molecule has 3 heterocycles. The lowest BCUT2D eigenvalue weighted by atomic mass is 10.1. The van der Waals surface area contributed by atoms with Crippen LogP contribution in [0, 0.1) is 6.92 Å². The van der Waals surface area contributed by atoms with E-state index in [0.717, 1.165) is 48.4 Å². The van der Waals surface area contributed by atoms with E-state index < -0.39 is 0 Å². The highest BCUT2D eigenvalue weighted by molar-refractivity contribution is 5.62. The summed E-state index contributed by atoms with van der Waals surface area (Å²) in [6.07, 6.45) is 3.14.